The lowest BCUT2D eigenvalue weighted by molar-refractivity contribution is -0.213. The molecule has 5 aliphatic rings. The molecule has 2 aromatic carbocycles. The molecule has 9 nitrogen and oxygen atoms in total. The molecule has 0 saturated heterocycles. The van der Waals surface area contributed by atoms with Gasteiger partial charge in [0.15, 0.2) is 0 Å². The van der Waals surface area contributed by atoms with E-state index in [1.165, 1.54) is 0 Å². The Kier molecular flexibility index (Phi) is 8.49. The van der Waals surface area contributed by atoms with E-state index in [1.54, 1.807) is 42.5 Å². The maximum atomic E-state index is 12.8. The van der Waals surface area contributed by atoms with E-state index in [0.29, 0.717) is 42.6 Å². The average molecular weight is 539 g/mol. The highest BCUT2D eigenvalue weighted by molar-refractivity contribution is 5.99. The number of hydrogen-bond acceptors (Lipinski definition) is 6. The van der Waals surface area contributed by atoms with Crippen LogP contribution in [0.1, 0.15) is 73.7 Å². The van der Waals surface area contributed by atoms with Gasteiger partial charge in [-0.1, -0.05) is 36.4 Å². The average Bonchev–Trinajstić information content (AvgIpc) is 3.00. The summed E-state index contributed by atoms with van der Waals surface area (Å²) in [5, 5.41) is 21.5. The number of benzene rings is 2. The summed E-state index contributed by atoms with van der Waals surface area (Å²) in [6, 6.07) is 18.9. The fourth-order valence-electron chi connectivity index (χ4n) is 5.08. The topological polar surface area (TPSA) is 136 Å². The van der Waals surface area contributed by atoms with Crippen molar-refractivity contribution in [2.75, 3.05) is 13.1 Å². The van der Waals surface area contributed by atoms with Gasteiger partial charge in [0.25, 0.3) is 17.7 Å². The van der Waals surface area contributed by atoms with Gasteiger partial charge < -0.3 is 21.1 Å². The summed E-state index contributed by atoms with van der Waals surface area (Å²) in [6.45, 7) is 1.58. The lowest BCUT2D eigenvalue weighted by Gasteiger charge is -2.28. The number of hydrogen-bond donors (Lipinski definition) is 3. The van der Waals surface area contributed by atoms with Crippen LogP contribution in [0.25, 0.3) is 0 Å². The predicted octanol–water partition coefficient (Wildman–Crippen LogP) is 2.60. The van der Waals surface area contributed by atoms with Crippen LogP contribution in [0.4, 0.5) is 0 Å². The van der Waals surface area contributed by atoms with Crippen LogP contribution < -0.4 is 21.1 Å². The van der Waals surface area contributed by atoms with Gasteiger partial charge in [-0.05, 0) is 79.0 Å². The second-order valence-electron chi connectivity index (χ2n) is 10.4. The number of aromatic nitrogens is 1. The van der Waals surface area contributed by atoms with Crippen LogP contribution in [-0.2, 0) is 13.1 Å². The molecule has 1 saturated carbocycles. The molecule has 3 N–H and O–H groups in total. The Bertz CT molecular complexity index is 1410. The van der Waals surface area contributed by atoms with Crippen molar-refractivity contribution in [3.8, 4) is 0 Å². The zero-order valence-electron chi connectivity index (χ0n) is 22.2. The lowest BCUT2D eigenvalue weighted by Crippen LogP contribution is -2.35. The molecule has 1 aliphatic carbocycles. The van der Waals surface area contributed by atoms with Crippen LogP contribution in [0.5, 0.6) is 0 Å². The van der Waals surface area contributed by atoms with E-state index in [2.05, 4.69) is 25.9 Å². The molecule has 0 radical (unpaired) electrons. The minimum atomic E-state index is -0.486. The second-order valence-corrected chi connectivity index (χ2v) is 10.4. The number of nitrogens with one attached hydrogen (secondary N) is 3. The highest BCUT2D eigenvalue weighted by atomic mass is 16.3. The van der Waals surface area contributed by atoms with Crippen LogP contribution in [0.15, 0.2) is 71.7 Å². The van der Waals surface area contributed by atoms with Crippen LogP contribution >= 0.6 is 0 Å². The number of aliphatic imine (C=N–C) groups is 1. The third-order valence-electron chi connectivity index (χ3n) is 7.54. The monoisotopic (exact) mass is 538 g/mol. The molecule has 0 atom stereocenters. The molecule has 1 fully saturated rings. The van der Waals surface area contributed by atoms with Gasteiger partial charge in [0.05, 0.1) is 12.2 Å². The van der Waals surface area contributed by atoms with Gasteiger partial charge in [-0.25, -0.2) is 4.98 Å². The summed E-state index contributed by atoms with van der Waals surface area (Å²) in [5.41, 5.74) is 2.89. The van der Waals surface area contributed by atoms with Crippen LogP contribution in [0.3, 0.4) is 0 Å². The van der Waals surface area contributed by atoms with Crippen molar-refractivity contribution in [2.24, 2.45) is 16.8 Å². The van der Waals surface area contributed by atoms with Crippen LogP contribution in [-0.4, -0.2) is 41.7 Å². The summed E-state index contributed by atoms with van der Waals surface area (Å²) >= 11 is 0. The first-order chi connectivity index (χ1) is 19.4. The fraction of sp³-hybridized carbons (Fsp3) is 0.323. The minimum absolute atomic E-state index is 0.125. The van der Waals surface area contributed by atoms with E-state index >= 15 is 0 Å². The maximum absolute atomic E-state index is 12.8. The first kappa shape index (κ1) is 27.1. The zero-order chi connectivity index (χ0) is 27.9. The Balaban J connectivity index is 1.34. The van der Waals surface area contributed by atoms with Crippen molar-refractivity contribution in [3.05, 3.63) is 100 Å². The number of amides is 3. The van der Waals surface area contributed by atoms with Crippen LogP contribution in [0, 0.1) is 11.8 Å². The van der Waals surface area contributed by atoms with E-state index in [4.69, 9.17) is 0 Å². The molecule has 3 amide bonds. The van der Waals surface area contributed by atoms with Gasteiger partial charge >= 0.3 is 0 Å². The minimum Gasteiger partial charge on any atom is -0.857 e. The van der Waals surface area contributed by atoms with Crippen LogP contribution in [0.2, 0.25) is 0 Å². The summed E-state index contributed by atoms with van der Waals surface area (Å²) in [7, 11) is 0. The Labute approximate surface area is 233 Å². The largest absolute Gasteiger partial charge is 0.857 e. The Morgan fingerprint density at radius 1 is 0.650 bits per heavy atom. The van der Waals surface area contributed by atoms with Gasteiger partial charge in [0.2, 0.25) is 0 Å². The third-order valence-corrected chi connectivity index (χ3v) is 7.54. The van der Waals surface area contributed by atoms with Crippen molar-refractivity contribution in [1.82, 2.24) is 20.9 Å². The standard InChI is InChI=1S/C31H33N5O4/c37-28-24-3-1-4-25(15-24)29(38)33-17-21-9-13-23(14-10-21)19-35-31(40)27-6-2-5-26(36-27)30(39)34-18-22-11-7-20(8-12-22)16-32-28/h1-8,11-12,15,21,23H,9-10,13-14,16-19H2,(H,32,37)(H,33,38)(H,34,39)(H,35,40)/p-1. The first-order valence-corrected chi connectivity index (χ1v) is 13.7. The lowest BCUT2D eigenvalue weighted by atomic mass is 9.82. The van der Waals surface area contributed by atoms with Crippen molar-refractivity contribution in [1.29, 1.82) is 0 Å². The number of carbonyl (C=O) groups excluding carboxylic acids is 3. The summed E-state index contributed by atoms with van der Waals surface area (Å²) in [4.78, 5) is 46.7. The molecule has 1 aromatic heterocycles. The smallest absolute Gasteiger partial charge is 0.269 e. The summed E-state index contributed by atoms with van der Waals surface area (Å²) in [6.07, 6.45) is 3.80. The number of pyridine rings is 1. The van der Waals surface area contributed by atoms with Crippen molar-refractivity contribution >= 4 is 23.6 Å². The molecule has 40 heavy (non-hydrogen) atoms. The number of rotatable bonds is 0. The Morgan fingerprint density at radius 3 is 1.88 bits per heavy atom. The van der Waals surface area contributed by atoms with Gasteiger partial charge in [-0.15, -0.1) is 0 Å². The molecule has 8 rings (SSSR count). The zero-order valence-corrected chi connectivity index (χ0v) is 22.2. The fourth-order valence-corrected chi connectivity index (χ4v) is 5.08. The number of nitrogens with zero attached hydrogens (tertiary/aromatic N) is 2. The van der Waals surface area contributed by atoms with E-state index in [1.807, 2.05) is 24.3 Å². The van der Waals surface area contributed by atoms with E-state index < -0.39 is 5.90 Å². The van der Waals surface area contributed by atoms with Gasteiger partial charge in [-0.3, -0.25) is 19.4 Å². The summed E-state index contributed by atoms with van der Waals surface area (Å²) < 4.78 is 0. The SMILES string of the molecule is O=C1NCc2ccc(cc2)CN=C([O-])c2cccc(n2)C(=O)NCC2CCC(CC2)CNC(=O)c2cccc1c2. The quantitative estimate of drug-likeness (QED) is 0.404. The number of carbonyl (C=O) groups is 3. The Morgan fingerprint density at radius 2 is 1.20 bits per heavy atom. The van der Waals surface area contributed by atoms with Crippen molar-refractivity contribution < 1.29 is 19.5 Å². The molecule has 5 heterocycles. The predicted molar refractivity (Wildman–Crippen MR) is 149 cm³/mol. The molecule has 8 bridgehead atoms. The highest BCUT2D eigenvalue weighted by Gasteiger charge is 2.23. The Hall–Kier alpha value is -4.53. The highest BCUT2D eigenvalue weighted by Crippen LogP contribution is 2.28. The van der Waals surface area contributed by atoms with E-state index in [9.17, 15) is 19.5 Å². The van der Waals surface area contributed by atoms with Gasteiger partial charge in [0.1, 0.15) is 5.69 Å². The molecular weight excluding hydrogens is 506 g/mol. The molecule has 206 valence electrons. The maximum Gasteiger partial charge on any atom is 0.269 e. The molecule has 0 unspecified atom stereocenters. The van der Waals surface area contributed by atoms with Crippen molar-refractivity contribution in [2.45, 2.75) is 38.8 Å². The van der Waals surface area contributed by atoms with E-state index in [0.717, 1.165) is 36.8 Å². The van der Waals surface area contributed by atoms with Crippen molar-refractivity contribution in [3.63, 3.8) is 0 Å². The van der Waals surface area contributed by atoms with E-state index in [-0.39, 0.29) is 35.7 Å². The van der Waals surface area contributed by atoms with Gasteiger partial charge in [-0.2, -0.15) is 0 Å². The molecule has 4 aliphatic heterocycles. The molecule has 0 spiro atoms. The molecule has 9 heteroatoms. The molecular formula is C31H32N5O4-. The second kappa shape index (κ2) is 12.5. The first-order valence-electron chi connectivity index (χ1n) is 13.7. The normalized spacial score (nSPS) is 20.7. The third kappa shape index (κ3) is 6.91. The summed E-state index contributed by atoms with van der Waals surface area (Å²) in [5.74, 6) is -0.549. The molecule has 3 aromatic rings. The van der Waals surface area contributed by atoms with Gasteiger partial charge in [0, 0.05) is 36.7 Å².